The van der Waals surface area contributed by atoms with Gasteiger partial charge in [0.25, 0.3) is 5.91 Å². The number of fused-ring (bicyclic) bond motifs is 3. The summed E-state index contributed by atoms with van der Waals surface area (Å²) >= 11 is 1.47. The highest BCUT2D eigenvalue weighted by Crippen LogP contribution is 2.32. The summed E-state index contributed by atoms with van der Waals surface area (Å²) in [7, 11) is 0. The number of aromatic nitrogens is 1. The summed E-state index contributed by atoms with van der Waals surface area (Å²) in [6.45, 7) is 6.58. The summed E-state index contributed by atoms with van der Waals surface area (Å²) in [6.07, 6.45) is 4.19. The number of rotatable bonds is 2. The molecule has 3 aliphatic heterocycles. The Kier molecular flexibility index (Phi) is 3.11. The van der Waals surface area contributed by atoms with Crippen LogP contribution in [-0.4, -0.2) is 41.0 Å². The third-order valence-electron chi connectivity index (χ3n) is 4.29. The van der Waals surface area contributed by atoms with Crippen molar-refractivity contribution in [2.24, 2.45) is 5.92 Å². The van der Waals surface area contributed by atoms with Gasteiger partial charge >= 0.3 is 0 Å². The molecule has 98 valence electrons. The number of amides is 1. The van der Waals surface area contributed by atoms with Crippen LogP contribution in [0.3, 0.4) is 0 Å². The monoisotopic (exact) mass is 265 g/mol. The Bertz CT molecular complexity index is 449. The average Bonchev–Trinajstić information content (AvgIpc) is 2.81. The first kappa shape index (κ1) is 12.1. The van der Waals surface area contributed by atoms with E-state index in [0.29, 0.717) is 23.0 Å². The number of carbonyl (C=O) groups excluding carboxylic acids is 1. The van der Waals surface area contributed by atoms with E-state index in [1.54, 1.807) is 6.20 Å². The van der Waals surface area contributed by atoms with Gasteiger partial charge in [-0.1, -0.05) is 0 Å². The number of hydrogen-bond acceptors (Lipinski definition) is 4. The molecule has 5 heteroatoms. The van der Waals surface area contributed by atoms with Gasteiger partial charge in [0, 0.05) is 23.2 Å². The van der Waals surface area contributed by atoms with E-state index in [2.05, 4.69) is 22.1 Å². The van der Waals surface area contributed by atoms with E-state index in [4.69, 9.17) is 0 Å². The normalized spacial score (nSPS) is 34.6. The second-order valence-electron chi connectivity index (χ2n) is 5.39. The lowest BCUT2D eigenvalue weighted by molar-refractivity contribution is 0.0217. The van der Waals surface area contributed by atoms with Crippen LogP contribution in [0.4, 0.5) is 0 Å². The molecule has 1 aromatic heterocycles. The lowest BCUT2D eigenvalue weighted by Gasteiger charge is -2.49. The minimum absolute atomic E-state index is 0.00120. The van der Waals surface area contributed by atoms with Crippen molar-refractivity contribution in [3.63, 3.8) is 0 Å². The molecule has 18 heavy (non-hydrogen) atoms. The van der Waals surface area contributed by atoms with Crippen LogP contribution in [0.25, 0.3) is 0 Å². The summed E-state index contributed by atoms with van der Waals surface area (Å²) in [5.74, 6) is 0.647. The molecule has 4 nitrogen and oxygen atoms in total. The molecule has 0 radical (unpaired) electrons. The number of thiazole rings is 1. The van der Waals surface area contributed by atoms with E-state index >= 15 is 0 Å². The van der Waals surface area contributed by atoms with Crippen molar-refractivity contribution in [2.45, 2.75) is 38.8 Å². The molecule has 0 unspecified atom stereocenters. The molecule has 4 rings (SSSR count). The van der Waals surface area contributed by atoms with E-state index in [-0.39, 0.29) is 5.91 Å². The molecule has 0 spiro atoms. The van der Waals surface area contributed by atoms with Gasteiger partial charge in [-0.05, 0) is 45.7 Å². The second kappa shape index (κ2) is 4.63. The highest BCUT2D eigenvalue weighted by Gasteiger charge is 2.40. The van der Waals surface area contributed by atoms with Crippen LogP contribution in [0.1, 0.15) is 34.4 Å². The molecule has 3 saturated heterocycles. The first-order valence-electron chi connectivity index (χ1n) is 6.62. The molecule has 0 saturated carbocycles. The predicted octanol–water partition coefficient (Wildman–Crippen LogP) is 1.66. The Balaban J connectivity index is 1.71. The molecular formula is C13H19N3OS. The largest absolute Gasteiger partial charge is 0.345 e. The number of hydrogen-bond donors (Lipinski definition) is 1. The summed E-state index contributed by atoms with van der Waals surface area (Å²) in [5, 5.41) is 3.79. The van der Waals surface area contributed by atoms with E-state index in [1.165, 1.54) is 37.3 Å². The number of carbonyl (C=O) groups is 1. The van der Waals surface area contributed by atoms with Crippen molar-refractivity contribution in [2.75, 3.05) is 13.1 Å². The quantitative estimate of drug-likeness (QED) is 0.884. The Morgan fingerprint density at radius 2 is 2.22 bits per heavy atom. The Morgan fingerprint density at radius 1 is 1.50 bits per heavy atom. The molecule has 0 aliphatic carbocycles. The lowest BCUT2D eigenvalue weighted by atomic mass is 9.79. The van der Waals surface area contributed by atoms with Crippen LogP contribution in [0.15, 0.2) is 6.20 Å². The van der Waals surface area contributed by atoms with Crippen molar-refractivity contribution in [1.82, 2.24) is 15.2 Å². The third kappa shape index (κ3) is 2.06. The number of aryl methyl sites for hydroxylation is 1. The predicted molar refractivity (Wildman–Crippen MR) is 71.9 cm³/mol. The van der Waals surface area contributed by atoms with Crippen molar-refractivity contribution in [1.29, 1.82) is 0 Å². The zero-order chi connectivity index (χ0) is 12.7. The molecule has 2 atom stereocenters. The molecular weight excluding hydrogens is 246 g/mol. The van der Waals surface area contributed by atoms with Crippen LogP contribution < -0.4 is 5.32 Å². The van der Waals surface area contributed by atoms with Crippen molar-refractivity contribution < 1.29 is 4.79 Å². The van der Waals surface area contributed by atoms with Gasteiger partial charge < -0.3 is 5.32 Å². The van der Waals surface area contributed by atoms with E-state index in [9.17, 15) is 4.79 Å². The number of piperidine rings is 3. The maximum Gasteiger partial charge on any atom is 0.280 e. The standard InChI is InChI=1S/C13H19N3OS/c1-8-7-14-13(18-8)12(17)15-11-9(2)16-5-3-10(11)4-6-16/h7,9-11H,3-6H2,1-2H3,(H,15,17)/t9-,11-/m0/s1. The summed E-state index contributed by atoms with van der Waals surface area (Å²) in [6, 6.07) is 0.756. The van der Waals surface area contributed by atoms with Gasteiger partial charge in [0.1, 0.15) is 0 Å². The smallest absolute Gasteiger partial charge is 0.280 e. The molecule has 2 bridgehead atoms. The topological polar surface area (TPSA) is 45.2 Å². The highest BCUT2D eigenvalue weighted by atomic mass is 32.1. The highest BCUT2D eigenvalue weighted by molar-refractivity contribution is 7.13. The first-order valence-corrected chi connectivity index (χ1v) is 7.44. The van der Waals surface area contributed by atoms with Crippen LogP contribution in [0.5, 0.6) is 0 Å². The number of nitrogens with zero attached hydrogens (tertiary/aromatic N) is 2. The van der Waals surface area contributed by atoms with E-state index in [1.807, 2.05) is 6.92 Å². The van der Waals surface area contributed by atoms with Crippen molar-refractivity contribution >= 4 is 17.2 Å². The van der Waals surface area contributed by atoms with Crippen LogP contribution in [-0.2, 0) is 0 Å². The van der Waals surface area contributed by atoms with Gasteiger partial charge in [0.15, 0.2) is 5.01 Å². The van der Waals surface area contributed by atoms with Crippen LogP contribution >= 0.6 is 11.3 Å². The molecule has 1 N–H and O–H groups in total. The van der Waals surface area contributed by atoms with Gasteiger partial charge in [-0.2, -0.15) is 0 Å². The van der Waals surface area contributed by atoms with Gasteiger partial charge in [-0.25, -0.2) is 4.98 Å². The van der Waals surface area contributed by atoms with Crippen LogP contribution in [0.2, 0.25) is 0 Å². The zero-order valence-corrected chi connectivity index (χ0v) is 11.7. The molecule has 4 heterocycles. The maximum absolute atomic E-state index is 12.2. The third-order valence-corrected chi connectivity index (χ3v) is 5.20. The fourth-order valence-corrected chi connectivity index (χ4v) is 3.89. The molecule has 3 aliphatic rings. The molecule has 0 aromatic carbocycles. The Morgan fingerprint density at radius 3 is 2.78 bits per heavy atom. The lowest BCUT2D eigenvalue weighted by Crippen LogP contribution is -2.62. The summed E-state index contributed by atoms with van der Waals surface area (Å²) in [4.78, 5) is 19.9. The first-order chi connectivity index (χ1) is 8.65. The molecule has 3 fully saturated rings. The van der Waals surface area contributed by atoms with E-state index < -0.39 is 0 Å². The van der Waals surface area contributed by atoms with Gasteiger partial charge in [0.05, 0.1) is 0 Å². The average molecular weight is 265 g/mol. The Labute approximate surface area is 111 Å². The Hall–Kier alpha value is -0.940. The molecule has 1 amide bonds. The second-order valence-corrected chi connectivity index (χ2v) is 6.62. The molecule has 1 aromatic rings. The van der Waals surface area contributed by atoms with Gasteiger partial charge in [-0.15, -0.1) is 11.3 Å². The van der Waals surface area contributed by atoms with Crippen molar-refractivity contribution in [3.8, 4) is 0 Å². The summed E-state index contributed by atoms with van der Waals surface area (Å²) < 4.78 is 0. The summed E-state index contributed by atoms with van der Waals surface area (Å²) in [5.41, 5.74) is 0. The van der Waals surface area contributed by atoms with E-state index in [0.717, 1.165) is 4.88 Å². The van der Waals surface area contributed by atoms with Crippen LogP contribution in [0, 0.1) is 12.8 Å². The fourth-order valence-electron chi connectivity index (χ4n) is 3.22. The van der Waals surface area contributed by atoms with Gasteiger partial charge in [0.2, 0.25) is 0 Å². The minimum atomic E-state index is -0.00120. The fraction of sp³-hybridized carbons (Fsp3) is 0.692. The number of nitrogens with one attached hydrogen (secondary N) is 1. The van der Waals surface area contributed by atoms with Gasteiger partial charge in [-0.3, -0.25) is 9.69 Å². The van der Waals surface area contributed by atoms with Crippen molar-refractivity contribution in [3.05, 3.63) is 16.1 Å². The minimum Gasteiger partial charge on any atom is -0.345 e. The maximum atomic E-state index is 12.2. The zero-order valence-electron chi connectivity index (χ0n) is 10.8. The SMILES string of the molecule is Cc1cnc(C(=O)N[C@@H]2C3CCN(CC3)[C@H]2C)s1.